The number of rotatable bonds is 3. The van der Waals surface area contributed by atoms with Gasteiger partial charge in [0.1, 0.15) is 11.7 Å². The topological polar surface area (TPSA) is 63.4 Å². The van der Waals surface area contributed by atoms with Crippen molar-refractivity contribution in [1.29, 1.82) is 0 Å². The molecule has 6 heteroatoms. The molecular formula is C15H19N2O3S+. The molecule has 1 N–H and O–H groups in total. The van der Waals surface area contributed by atoms with Gasteiger partial charge in [0, 0.05) is 49.3 Å². The zero-order valence-corrected chi connectivity index (χ0v) is 12.6. The van der Waals surface area contributed by atoms with Gasteiger partial charge in [-0.25, -0.2) is 0 Å². The van der Waals surface area contributed by atoms with E-state index in [1.807, 2.05) is 12.1 Å². The molecule has 2 unspecified atom stereocenters. The highest BCUT2D eigenvalue weighted by molar-refractivity contribution is 7.84. The Morgan fingerprint density at radius 3 is 2.95 bits per heavy atom. The standard InChI is InChI=1S/C15H18N2O3S/c18-8-6-13-3-1-2-7-17(13)14-5-4-12(16(19)20)9-11(14)10-15(17)21/h4-5,9-10,13,18H,1-3,6-8H2/p+1. The van der Waals surface area contributed by atoms with Gasteiger partial charge >= 0.3 is 0 Å². The SMILES string of the molecule is O=[N+]([O-])c1ccc2c(c1)C=C(S)[N+]21CCCCC1CCO. The lowest BCUT2D eigenvalue weighted by molar-refractivity contribution is -0.384. The van der Waals surface area contributed by atoms with Crippen molar-refractivity contribution in [3.8, 4) is 0 Å². The van der Waals surface area contributed by atoms with Gasteiger partial charge in [0.2, 0.25) is 0 Å². The minimum absolute atomic E-state index is 0.113. The van der Waals surface area contributed by atoms with Crippen LogP contribution in [0.2, 0.25) is 0 Å². The number of piperidine rings is 1. The molecule has 1 fully saturated rings. The Labute approximate surface area is 129 Å². The zero-order valence-electron chi connectivity index (χ0n) is 11.7. The van der Waals surface area contributed by atoms with Crippen molar-refractivity contribution >= 4 is 30.1 Å². The van der Waals surface area contributed by atoms with Crippen LogP contribution < -0.4 is 4.48 Å². The normalized spacial score (nSPS) is 27.5. The van der Waals surface area contributed by atoms with Gasteiger partial charge in [0.25, 0.3) is 5.69 Å². The third kappa shape index (κ3) is 2.18. The Morgan fingerprint density at radius 2 is 2.24 bits per heavy atom. The van der Waals surface area contributed by atoms with Gasteiger partial charge in [0.05, 0.1) is 11.5 Å². The highest BCUT2D eigenvalue weighted by Gasteiger charge is 2.48. The molecule has 0 aliphatic carbocycles. The molecule has 2 atom stereocenters. The highest BCUT2D eigenvalue weighted by atomic mass is 32.1. The van der Waals surface area contributed by atoms with Gasteiger partial charge in [-0.05, 0) is 12.8 Å². The summed E-state index contributed by atoms with van der Waals surface area (Å²) in [5, 5.41) is 21.2. The minimum atomic E-state index is -0.365. The number of quaternary nitrogens is 1. The summed E-state index contributed by atoms with van der Waals surface area (Å²) < 4.78 is 0.650. The maximum Gasteiger partial charge on any atom is 0.270 e. The molecule has 1 aromatic carbocycles. The molecule has 0 amide bonds. The summed E-state index contributed by atoms with van der Waals surface area (Å²) in [6.45, 7) is 1.11. The van der Waals surface area contributed by atoms with Gasteiger partial charge < -0.3 is 5.11 Å². The number of aliphatic hydroxyl groups excluding tert-OH is 1. The first kappa shape index (κ1) is 14.6. The quantitative estimate of drug-likeness (QED) is 0.390. The van der Waals surface area contributed by atoms with Crippen LogP contribution in [0, 0.1) is 10.1 Å². The fourth-order valence-corrected chi connectivity index (χ4v) is 4.30. The van der Waals surface area contributed by atoms with Crippen LogP contribution in [0.3, 0.4) is 0 Å². The summed E-state index contributed by atoms with van der Waals surface area (Å²) in [4.78, 5) is 10.6. The van der Waals surface area contributed by atoms with Crippen LogP contribution in [0.15, 0.2) is 23.2 Å². The predicted octanol–water partition coefficient (Wildman–Crippen LogP) is 3.08. The molecule has 2 heterocycles. The van der Waals surface area contributed by atoms with Crippen LogP contribution in [0.1, 0.15) is 31.2 Å². The lowest BCUT2D eigenvalue weighted by Gasteiger charge is -2.45. The van der Waals surface area contributed by atoms with Gasteiger partial charge in [-0.3, -0.25) is 14.6 Å². The summed E-state index contributed by atoms with van der Waals surface area (Å²) in [6.07, 6.45) is 5.99. The summed E-state index contributed by atoms with van der Waals surface area (Å²) >= 11 is 4.69. The number of fused-ring (bicyclic) bond motifs is 2. The van der Waals surface area contributed by atoms with Crippen LogP contribution in [0.4, 0.5) is 11.4 Å². The molecule has 5 nitrogen and oxygen atoms in total. The average Bonchev–Trinajstić information content (AvgIpc) is 2.74. The van der Waals surface area contributed by atoms with Crippen molar-refractivity contribution in [3.63, 3.8) is 0 Å². The number of non-ortho nitro benzene ring substituents is 1. The fraction of sp³-hybridized carbons (Fsp3) is 0.467. The molecule has 1 aromatic rings. The lowest BCUT2D eigenvalue weighted by Crippen LogP contribution is -2.56. The van der Waals surface area contributed by atoms with E-state index in [2.05, 4.69) is 12.6 Å². The third-order valence-corrected chi connectivity index (χ3v) is 5.22. The zero-order chi connectivity index (χ0) is 15.0. The second kappa shape index (κ2) is 5.44. The Morgan fingerprint density at radius 1 is 1.43 bits per heavy atom. The smallest absolute Gasteiger partial charge is 0.270 e. The molecule has 2 aliphatic rings. The third-order valence-electron chi connectivity index (χ3n) is 4.73. The molecular weight excluding hydrogens is 288 g/mol. The molecule has 112 valence electrons. The fourth-order valence-electron chi connectivity index (χ4n) is 3.79. The van der Waals surface area contributed by atoms with Crippen LogP contribution in [-0.2, 0) is 0 Å². The second-order valence-corrected chi connectivity index (χ2v) is 6.22. The number of nitro groups is 1. The maximum absolute atomic E-state index is 10.9. The Hall–Kier alpha value is -1.37. The van der Waals surface area contributed by atoms with Crippen molar-refractivity contribution in [2.24, 2.45) is 0 Å². The number of hydrogen-bond acceptors (Lipinski definition) is 4. The Bertz CT molecular complexity index is 615. The number of nitrogens with zero attached hydrogens (tertiary/aromatic N) is 2. The molecule has 0 aromatic heterocycles. The molecule has 1 spiro atoms. The summed E-state index contributed by atoms with van der Waals surface area (Å²) in [5.74, 6) is 0. The summed E-state index contributed by atoms with van der Waals surface area (Å²) in [5.41, 5.74) is 2.09. The number of nitro benzene ring substituents is 1. The molecule has 0 saturated carbocycles. The monoisotopic (exact) mass is 307 g/mol. The molecule has 21 heavy (non-hydrogen) atoms. The first-order valence-electron chi connectivity index (χ1n) is 7.28. The van der Waals surface area contributed by atoms with E-state index >= 15 is 0 Å². The van der Waals surface area contributed by atoms with Crippen molar-refractivity contribution in [3.05, 3.63) is 38.9 Å². The van der Waals surface area contributed by atoms with E-state index in [0.29, 0.717) is 10.5 Å². The van der Waals surface area contributed by atoms with E-state index in [9.17, 15) is 15.2 Å². The van der Waals surface area contributed by atoms with E-state index in [0.717, 1.165) is 48.5 Å². The van der Waals surface area contributed by atoms with Crippen LogP contribution in [-0.4, -0.2) is 29.2 Å². The maximum atomic E-state index is 10.9. The van der Waals surface area contributed by atoms with Gasteiger partial charge in [-0.2, -0.15) is 0 Å². The van der Waals surface area contributed by atoms with Crippen molar-refractivity contribution in [2.45, 2.75) is 31.7 Å². The largest absolute Gasteiger partial charge is 0.396 e. The number of aliphatic hydroxyl groups is 1. The molecule has 1 saturated heterocycles. The highest BCUT2D eigenvalue weighted by Crippen LogP contribution is 2.48. The summed E-state index contributed by atoms with van der Waals surface area (Å²) in [7, 11) is 0. The Kier molecular flexibility index (Phi) is 3.77. The minimum Gasteiger partial charge on any atom is -0.396 e. The van der Waals surface area contributed by atoms with E-state index in [4.69, 9.17) is 0 Å². The first-order valence-corrected chi connectivity index (χ1v) is 7.73. The van der Waals surface area contributed by atoms with Gasteiger partial charge in [0.15, 0.2) is 5.03 Å². The number of benzene rings is 1. The van der Waals surface area contributed by atoms with Crippen LogP contribution in [0.5, 0.6) is 0 Å². The molecule has 2 aliphatic heterocycles. The van der Waals surface area contributed by atoms with Gasteiger partial charge in [-0.1, -0.05) is 12.6 Å². The number of hydrogen-bond donors (Lipinski definition) is 2. The molecule has 3 rings (SSSR count). The first-order chi connectivity index (χ1) is 10.1. The van der Waals surface area contributed by atoms with Crippen molar-refractivity contribution in [1.82, 2.24) is 4.48 Å². The van der Waals surface area contributed by atoms with Crippen LogP contribution in [0.25, 0.3) is 6.08 Å². The molecule has 0 radical (unpaired) electrons. The lowest BCUT2D eigenvalue weighted by atomic mass is 9.95. The number of thiol groups is 1. The average molecular weight is 307 g/mol. The van der Waals surface area contributed by atoms with E-state index in [-0.39, 0.29) is 17.2 Å². The second-order valence-electron chi connectivity index (χ2n) is 5.76. The predicted molar refractivity (Wildman–Crippen MR) is 86.1 cm³/mol. The van der Waals surface area contributed by atoms with Crippen molar-refractivity contribution in [2.75, 3.05) is 13.2 Å². The van der Waals surface area contributed by atoms with Crippen LogP contribution >= 0.6 is 12.6 Å². The van der Waals surface area contributed by atoms with Crippen molar-refractivity contribution < 1.29 is 10.0 Å². The molecule has 0 bridgehead atoms. The van der Waals surface area contributed by atoms with E-state index in [1.54, 1.807) is 12.1 Å². The Balaban J connectivity index is 2.09. The van der Waals surface area contributed by atoms with Gasteiger partial charge in [-0.15, -0.1) is 0 Å². The summed E-state index contributed by atoms with van der Waals surface area (Å²) in [6, 6.07) is 5.37. The van der Waals surface area contributed by atoms with E-state index in [1.165, 1.54) is 0 Å². The van der Waals surface area contributed by atoms with E-state index < -0.39 is 0 Å².